The maximum Gasteiger partial charge on any atom is 0.243 e. The highest BCUT2D eigenvalue weighted by molar-refractivity contribution is 7.89. The normalized spacial score (nSPS) is 11.3. The Bertz CT molecular complexity index is 975. The predicted molar refractivity (Wildman–Crippen MR) is 97.6 cm³/mol. The number of sulfonamides is 1. The van der Waals surface area contributed by atoms with Crippen LogP contribution in [0.2, 0.25) is 0 Å². The van der Waals surface area contributed by atoms with Crippen molar-refractivity contribution >= 4 is 10.0 Å². The first kappa shape index (κ1) is 18.1. The van der Waals surface area contributed by atoms with Crippen LogP contribution in [0.5, 0.6) is 5.75 Å². The molecule has 4 nitrogen and oxygen atoms in total. The lowest BCUT2D eigenvalue weighted by Crippen LogP contribution is -2.24. The fourth-order valence-corrected chi connectivity index (χ4v) is 3.55. The van der Waals surface area contributed by atoms with Gasteiger partial charge in [0.1, 0.15) is 23.1 Å². The molecule has 3 aromatic carbocycles. The van der Waals surface area contributed by atoms with E-state index in [4.69, 9.17) is 4.74 Å². The maximum atomic E-state index is 13.8. The van der Waals surface area contributed by atoms with Gasteiger partial charge in [-0.2, -0.15) is 0 Å². The molecule has 0 bridgehead atoms. The Kier molecular flexibility index (Phi) is 5.65. The van der Waals surface area contributed by atoms with Crippen LogP contribution in [-0.4, -0.2) is 8.42 Å². The average molecular weight is 371 g/mol. The van der Waals surface area contributed by atoms with Crippen LogP contribution >= 0.6 is 0 Å². The van der Waals surface area contributed by atoms with E-state index in [1.54, 1.807) is 0 Å². The largest absolute Gasteiger partial charge is 0.489 e. The molecule has 6 heteroatoms. The van der Waals surface area contributed by atoms with Crippen molar-refractivity contribution in [3.8, 4) is 5.75 Å². The summed E-state index contributed by atoms with van der Waals surface area (Å²) in [5.74, 6) is -0.0464. The Balaban J connectivity index is 1.71. The molecule has 0 aliphatic carbocycles. The number of para-hydroxylation sites is 1. The third kappa shape index (κ3) is 4.47. The highest BCUT2D eigenvalue weighted by Crippen LogP contribution is 2.17. The first-order chi connectivity index (χ1) is 12.6. The Morgan fingerprint density at radius 3 is 2.15 bits per heavy atom. The number of nitrogens with one attached hydrogen (secondary N) is 1. The van der Waals surface area contributed by atoms with Crippen molar-refractivity contribution in [2.75, 3.05) is 0 Å². The molecule has 0 aliphatic rings. The van der Waals surface area contributed by atoms with Crippen molar-refractivity contribution in [2.45, 2.75) is 18.0 Å². The summed E-state index contributed by atoms with van der Waals surface area (Å²) < 4.78 is 46.6. The molecule has 3 aromatic rings. The van der Waals surface area contributed by atoms with Gasteiger partial charge in [0, 0.05) is 6.54 Å². The van der Waals surface area contributed by atoms with E-state index >= 15 is 0 Å². The summed E-state index contributed by atoms with van der Waals surface area (Å²) >= 11 is 0. The highest BCUT2D eigenvalue weighted by Gasteiger charge is 2.18. The zero-order valence-electron chi connectivity index (χ0n) is 13.9. The maximum absolute atomic E-state index is 13.8. The van der Waals surface area contributed by atoms with Gasteiger partial charge in [-0.25, -0.2) is 17.5 Å². The molecule has 0 aliphatic heterocycles. The molecular formula is C20H18FNO3S. The highest BCUT2D eigenvalue weighted by atomic mass is 32.2. The number of halogens is 1. The van der Waals surface area contributed by atoms with Crippen LogP contribution in [0.1, 0.15) is 11.1 Å². The van der Waals surface area contributed by atoms with E-state index in [2.05, 4.69) is 4.72 Å². The van der Waals surface area contributed by atoms with Crippen LogP contribution < -0.4 is 9.46 Å². The smallest absolute Gasteiger partial charge is 0.243 e. The van der Waals surface area contributed by atoms with E-state index in [0.717, 1.165) is 22.9 Å². The van der Waals surface area contributed by atoms with Crippen molar-refractivity contribution in [3.63, 3.8) is 0 Å². The molecule has 0 amide bonds. The van der Waals surface area contributed by atoms with E-state index in [1.165, 1.54) is 18.2 Å². The van der Waals surface area contributed by atoms with Gasteiger partial charge in [-0.1, -0.05) is 54.6 Å². The topological polar surface area (TPSA) is 55.4 Å². The van der Waals surface area contributed by atoms with Crippen LogP contribution in [0.3, 0.4) is 0 Å². The lowest BCUT2D eigenvalue weighted by Gasteiger charge is -2.12. The molecule has 0 unspecified atom stereocenters. The first-order valence-corrected chi connectivity index (χ1v) is 9.53. The van der Waals surface area contributed by atoms with Crippen LogP contribution in [0.25, 0.3) is 0 Å². The zero-order valence-corrected chi connectivity index (χ0v) is 14.7. The van der Waals surface area contributed by atoms with Crippen molar-refractivity contribution in [1.29, 1.82) is 0 Å². The second kappa shape index (κ2) is 8.12. The van der Waals surface area contributed by atoms with Gasteiger partial charge in [0.25, 0.3) is 0 Å². The summed E-state index contributed by atoms with van der Waals surface area (Å²) in [6.07, 6.45) is 0. The number of hydrogen-bond acceptors (Lipinski definition) is 3. The molecular weight excluding hydrogens is 353 g/mol. The molecule has 0 saturated heterocycles. The van der Waals surface area contributed by atoms with Crippen molar-refractivity contribution in [3.05, 3.63) is 95.8 Å². The molecule has 0 atom stereocenters. The minimum Gasteiger partial charge on any atom is -0.489 e. The van der Waals surface area contributed by atoms with E-state index in [0.29, 0.717) is 6.61 Å². The third-order valence-corrected chi connectivity index (χ3v) is 5.27. The second-order valence-corrected chi connectivity index (χ2v) is 7.36. The van der Waals surface area contributed by atoms with Crippen molar-refractivity contribution < 1.29 is 17.5 Å². The van der Waals surface area contributed by atoms with Gasteiger partial charge >= 0.3 is 0 Å². The Hall–Kier alpha value is -2.70. The van der Waals surface area contributed by atoms with Crippen molar-refractivity contribution in [1.82, 2.24) is 4.72 Å². The van der Waals surface area contributed by atoms with Gasteiger partial charge in [0.15, 0.2) is 0 Å². The molecule has 0 radical (unpaired) electrons. The standard InChI is InChI=1S/C20H18FNO3S/c21-19-12-6-7-13-20(19)26(23,24)22-14-16-8-4-5-9-17(16)15-25-18-10-2-1-3-11-18/h1-13,22H,14-15H2. The van der Waals surface area contributed by atoms with Gasteiger partial charge < -0.3 is 4.74 Å². The Morgan fingerprint density at radius 1 is 0.808 bits per heavy atom. The van der Waals surface area contributed by atoms with E-state index < -0.39 is 15.8 Å². The fraction of sp³-hybridized carbons (Fsp3) is 0.100. The van der Waals surface area contributed by atoms with Crippen LogP contribution in [0, 0.1) is 5.82 Å². The predicted octanol–water partition coefficient (Wildman–Crippen LogP) is 3.88. The molecule has 0 fully saturated rings. The van der Waals surface area contributed by atoms with Crippen LogP contribution in [0.4, 0.5) is 4.39 Å². The monoisotopic (exact) mass is 371 g/mol. The van der Waals surface area contributed by atoms with Crippen LogP contribution in [-0.2, 0) is 23.2 Å². The third-order valence-electron chi connectivity index (χ3n) is 3.83. The summed E-state index contributed by atoms with van der Waals surface area (Å²) in [7, 11) is -3.94. The molecule has 3 rings (SSSR count). The number of ether oxygens (including phenoxy) is 1. The molecule has 0 saturated carbocycles. The minimum absolute atomic E-state index is 0.0466. The number of benzene rings is 3. The Morgan fingerprint density at radius 2 is 1.42 bits per heavy atom. The molecule has 0 spiro atoms. The van der Waals surface area contributed by atoms with Gasteiger partial charge in [-0.05, 0) is 35.4 Å². The van der Waals surface area contributed by atoms with Gasteiger partial charge in [-0.15, -0.1) is 0 Å². The van der Waals surface area contributed by atoms with Gasteiger partial charge in [0.2, 0.25) is 10.0 Å². The number of rotatable bonds is 7. The van der Waals surface area contributed by atoms with Crippen LogP contribution in [0.15, 0.2) is 83.8 Å². The molecule has 1 N–H and O–H groups in total. The number of hydrogen-bond donors (Lipinski definition) is 1. The summed E-state index contributed by atoms with van der Waals surface area (Å²) in [5, 5.41) is 0. The fourth-order valence-electron chi connectivity index (χ4n) is 2.46. The lowest BCUT2D eigenvalue weighted by molar-refractivity contribution is 0.305. The van der Waals surface area contributed by atoms with E-state index in [1.807, 2.05) is 54.6 Å². The summed E-state index contributed by atoms with van der Waals surface area (Å²) in [5.41, 5.74) is 1.62. The zero-order chi connectivity index (χ0) is 18.4. The summed E-state index contributed by atoms with van der Waals surface area (Å²) in [4.78, 5) is -0.363. The SMILES string of the molecule is O=S(=O)(NCc1ccccc1COc1ccccc1)c1ccccc1F. The molecule has 0 aromatic heterocycles. The quantitative estimate of drug-likeness (QED) is 0.686. The molecule has 0 heterocycles. The van der Waals surface area contributed by atoms with Gasteiger partial charge in [-0.3, -0.25) is 0 Å². The summed E-state index contributed by atoms with van der Waals surface area (Å²) in [6, 6.07) is 22.0. The van der Waals surface area contributed by atoms with Gasteiger partial charge in [0.05, 0.1) is 0 Å². The second-order valence-electron chi connectivity index (χ2n) is 5.63. The minimum atomic E-state index is -3.94. The molecule has 134 valence electrons. The Labute approximate surface area is 152 Å². The summed E-state index contributed by atoms with van der Waals surface area (Å²) in [6.45, 7) is 0.354. The first-order valence-electron chi connectivity index (χ1n) is 8.05. The molecule has 26 heavy (non-hydrogen) atoms. The van der Waals surface area contributed by atoms with E-state index in [-0.39, 0.29) is 11.4 Å². The lowest BCUT2D eigenvalue weighted by atomic mass is 10.1. The average Bonchev–Trinajstić information content (AvgIpc) is 2.66. The van der Waals surface area contributed by atoms with Crippen molar-refractivity contribution in [2.24, 2.45) is 0 Å². The van der Waals surface area contributed by atoms with E-state index in [9.17, 15) is 12.8 Å².